The SMILES string of the molecule is Cc1ccc(C)c(NC(=O)C2CC2C(=O)NC(C)(C)C)c1. The van der Waals surface area contributed by atoms with Crippen LogP contribution in [0.25, 0.3) is 0 Å². The molecule has 1 aromatic rings. The Morgan fingerprint density at radius 1 is 1.10 bits per heavy atom. The first-order valence-electron chi connectivity index (χ1n) is 7.37. The van der Waals surface area contributed by atoms with Crippen LogP contribution in [0.15, 0.2) is 18.2 Å². The Morgan fingerprint density at radius 3 is 2.33 bits per heavy atom. The van der Waals surface area contributed by atoms with Crippen molar-refractivity contribution < 1.29 is 9.59 Å². The van der Waals surface area contributed by atoms with Gasteiger partial charge in [-0.15, -0.1) is 0 Å². The number of anilines is 1. The average molecular weight is 288 g/mol. The molecule has 0 spiro atoms. The van der Waals surface area contributed by atoms with Crippen LogP contribution in [-0.2, 0) is 9.59 Å². The Balaban J connectivity index is 1.94. The molecule has 0 heterocycles. The number of carbonyl (C=O) groups excluding carboxylic acids is 2. The first kappa shape index (κ1) is 15.5. The quantitative estimate of drug-likeness (QED) is 0.898. The molecule has 0 bridgehead atoms. The smallest absolute Gasteiger partial charge is 0.228 e. The first-order valence-corrected chi connectivity index (χ1v) is 7.37. The normalized spacial score (nSPS) is 20.8. The van der Waals surface area contributed by atoms with E-state index < -0.39 is 0 Å². The Hall–Kier alpha value is -1.84. The average Bonchev–Trinajstić information content (AvgIpc) is 3.12. The summed E-state index contributed by atoms with van der Waals surface area (Å²) in [6.07, 6.45) is 0.638. The minimum absolute atomic E-state index is 0.0244. The summed E-state index contributed by atoms with van der Waals surface area (Å²) in [5.41, 5.74) is 2.72. The molecule has 2 atom stereocenters. The molecule has 1 saturated carbocycles. The lowest BCUT2D eigenvalue weighted by molar-refractivity contribution is -0.126. The zero-order valence-corrected chi connectivity index (χ0v) is 13.4. The van der Waals surface area contributed by atoms with Gasteiger partial charge in [-0.3, -0.25) is 9.59 Å². The maximum atomic E-state index is 12.2. The number of hydrogen-bond acceptors (Lipinski definition) is 2. The van der Waals surface area contributed by atoms with Gasteiger partial charge in [0.1, 0.15) is 0 Å². The van der Waals surface area contributed by atoms with E-state index in [0.29, 0.717) is 6.42 Å². The van der Waals surface area contributed by atoms with Crippen molar-refractivity contribution in [3.8, 4) is 0 Å². The minimum Gasteiger partial charge on any atom is -0.351 e. The number of nitrogens with one attached hydrogen (secondary N) is 2. The van der Waals surface area contributed by atoms with Gasteiger partial charge in [0.15, 0.2) is 0 Å². The van der Waals surface area contributed by atoms with Crippen molar-refractivity contribution in [2.45, 2.75) is 46.6 Å². The zero-order chi connectivity index (χ0) is 15.8. The number of benzene rings is 1. The van der Waals surface area contributed by atoms with E-state index in [1.165, 1.54) is 0 Å². The second-order valence-corrected chi connectivity index (χ2v) is 7.00. The topological polar surface area (TPSA) is 58.2 Å². The largest absolute Gasteiger partial charge is 0.351 e. The maximum absolute atomic E-state index is 12.2. The third kappa shape index (κ3) is 4.06. The van der Waals surface area contributed by atoms with E-state index in [4.69, 9.17) is 0 Å². The van der Waals surface area contributed by atoms with E-state index in [0.717, 1.165) is 16.8 Å². The molecule has 0 aliphatic heterocycles. The van der Waals surface area contributed by atoms with Crippen LogP contribution in [0.1, 0.15) is 38.3 Å². The van der Waals surface area contributed by atoms with E-state index in [1.807, 2.05) is 52.8 Å². The molecule has 0 radical (unpaired) electrons. The number of rotatable bonds is 3. The van der Waals surface area contributed by atoms with Crippen LogP contribution >= 0.6 is 0 Å². The number of amides is 2. The minimum atomic E-state index is -0.256. The van der Waals surface area contributed by atoms with Gasteiger partial charge < -0.3 is 10.6 Å². The fraction of sp³-hybridized carbons (Fsp3) is 0.529. The van der Waals surface area contributed by atoms with Gasteiger partial charge in [0.25, 0.3) is 0 Å². The van der Waals surface area contributed by atoms with Crippen molar-refractivity contribution in [1.82, 2.24) is 5.32 Å². The summed E-state index contributed by atoms with van der Waals surface area (Å²) >= 11 is 0. The summed E-state index contributed by atoms with van der Waals surface area (Å²) < 4.78 is 0. The Labute approximate surface area is 126 Å². The second-order valence-electron chi connectivity index (χ2n) is 7.00. The molecule has 1 aliphatic rings. The summed E-state index contributed by atoms with van der Waals surface area (Å²) in [7, 11) is 0. The third-order valence-electron chi connectivity index (χ3n) is 3.61. The molecule has 0 saturated heterocycles. The van der Waals surface area contributed by atoms with Crippen LogP contribution in [0.4, 0.5) is 5.69 Å². The molecule has 1 aliphatic carbocycles. The van der Waals surface area contributed by atoms with Gasteiger partial charge in [0.05, 0.1) is 11.8 Å². The number of hydrogen-bond donors (Lipinski definition) is 2. The predicted octanol–water partition coefficient (Wildman–Crippen LogP) is 2.79. The summed E-state index contributed by atoms with van der Waals surface area (Å²) in [6, 6.07) is 5.96. The molecule has 0 aromatic heterocycles. The third-order valence-corrected chi connectivity index (χ3v) is 3.61. The lowest BCUT2D eigenvalue weighted by atomic mass is 10.1. The van der Waals surface area contributed by atoms with Crippen LogP contribution in [0.2, 0.25) is 0 Å². The van der Waals surface area contributed by atoms with Gasteiger partial charge in [0, 0.05) is 11.2 Å². The van der Waals surface area contributed by atoms with Gasteiger partial charge in [-0.1, -0.05) is 12.1 Å². The molecule has 4 nitrogen and oxygen atoms in total. The number of aryl methyl sites for hydroxylation is 2. The molecule has 1 fully saturated rings. The molecule has 4 heteroatoms. The molecule has 2 rings (SSSR count). The summed E-state index contributed by atoms with van der Waals surface area (Å²) in [5.74, 6) is -0.469. The van der Waals surface area contributed by atoms with E-state index >= 15 is 0 Å². The van der Waals surface area contributed by atoms with Crippen molar-refractivity contribution in [3.05, 3.63) is 29.3 Å². The van der Waals surface area contributed by atoms with Gasteiger partial charge in [-0.2, -0.15) is 0 Å². The van der Waals surface area contributed by atoms with Crippen LogP contribution in [0, 0.1) is 25.7 Å². The highest BCUT2D eigenvalue weighted by Crippen LogP contribution is 2.40. The second kappa shape index (κ2) is 5.51. The Morgan fingerprint density at radius 2 is 1.71 bits per heavy atom. The summed E-state index contributed by atoms with van der Waals surface area (Å²) in [6.45, 7) is 9.78. The molecular formula is C17H24N2O2. The molecular weight excluding hydrogens is 264 g/mol. The van der Waals surface area contributed by atoms with Crippen molar-refractivity contribution in [2.24, 2.45) is 11.8 Å². The van der Waals surface area contributed by atoms with Crippen LogP contribution < -0.4 is 10.6 Å². The maximum Gasteiger partial charge on any atom is 0.228 e. The van der Waals surface area contributed by atoms with Crippen LogP contribution in [-0.4, -0.2) is 17.4 Å². The van der Waals surface area contributed by atoms with E-state index in [2.05, 4.69) is 10.6 Å². The van der Waals surface area contributed by atoms with E-state index in [-0.39, 0.29) is 29.2 Å². The van der Waals surface area contributed by atoms with Gasteiger partial charge in [-0.05, 0) is 58.2 Å². The number of carbonyl (C=O) groups is 2. The zero-order valence-electron chi connectivity index (χ0n) is 13.4. The first-order chi connectivity index (χ1) is 9.67. The monoisotopic (exact) mass is 288 g/mol. The van der Waals surface area contributed by atoms with Gasteiger partial charge in [-0.25, -0.2) is 0 Å². The lowest BCUT2D eigenvalue weighted by Gasteiger charge is -2.20. The van der Waals surface area contributed by atoms with Crippen molar-refractivity contribution in [2.75, 3.05) is 5.32 Å². The van der Waals surface area contributed by atoms with Crippen molar-refractivity contribution in [3.63, 3.8) is 0 Å². The summed E-state index contributed by atoms with van der Waals surface area (Å²) in [4.78, 5) is 24.2. The fourth-order valence-electron chi connectivity index (χ4n) is 2.33. The van der Waals surface area contributed by atoms with E-state index in [9.17, 15) is 9.59 Å². The standard InChI is InChI=1S/C17H24N2O2/c1-10-6-7-11(2)14(8-10)18-15(20)12-9-13(12)16(21)19-17(3,4)5/h6-8,12-13H,9H2,1-5H3,(H,18,20)(H,19,21). The molecule has 114 valence electrons. The van der Waals surface area contributed by atoms with Crippen molar-refractivity contribution in [1.29, 1.82) is 0 Å². The molecule has 2 unspecified atom stereocenters. The summed E-state index contributed by atoms with van der Waals surface area (Å²) in [5, 5.41) is 5.87. The highest BCUT2D eigenvalue weighted by molar-refractivity contribution is 6.00. The molecule has 1 aromatic carbocycles. The molecule has 21 heavy (non-hydrogen) atoms. The predicted molar refractivity (Wildman–Crippen MR) is 84.0 cm³/mol. The molecule has 2 amide bonds. The Bertz CT molecular complexity index is 573. The van der Waals surface area contributed by atoms with Crippen LogP contribution in [0.5, 0.6) is 0 Å². The lowest BCUT2D eigenvalue weighted by Crippen LogP contribution is -2.42. The Kier molecular flexibility index (Phi) is 4.08. The highest BCUT2D eigenvalue weighted by Gasteiger charge is 2.48. The van der Waals surface area contributed by atoms with Crippen molar-refractivity contribution >= 4 is 17.5 Å². The van der Waals surface area contributed by atoms with Gasteiger partial charge >= 0.3 is 0 Å². The van der Waals surface area contributed by atoms with E-state index in [1.54, 1.807) is 0 Å². The fourth-order valence-corrected chi connectivity index (χ4v) is 2.33. The molecule has 2 N–H and O–H groups in total. The van der Waals surface area contributed by atoms with Crippen LogP contribution in [0.3, 0.4) is 0 Å². The van der Waals surface area contributed by atoms with Gasteiger partial charge in [0.2, 0.25) is 11.8 Å². The highest BCUT2D eigenvalue weighted by atomic mass is 16.2.